The van der Waals surface area contributed by atoms with Crippen LogP contribution in [-0.4, -0.2) is 47.9 Å². The van der Waals surface area contributed by atoms with Gasteiger partial charge in [0, 0.05) is 25.2 Å². The van der Waals surface area contributed by atoms with Gasteiger partial charge in [-0.05, 0) is 37.1 Å². The van der Waals surface area contributed by atoms with Crippen LogP contribution in [0.25, 0.3) is 0 Å². The first kappa shape index (κ1) is 17.4. The molecular formula is C16H20N2O4. The zero-order chi connectivity index (χ0) is 16.7. The average molecular weight is 304 g/mol. The van der Waals surface area contributed by atoms with Crippen molar-refractivity contribution in [2.45, 2.75) is 18.9 Å². The smallest absolute Gasteiger partial charge is 0.326 e. The predicted molar refractivity (Wildman–Crippen MR) is 82.8 cm³/mol. The molecule has 0 saturated carbocycles. The van der Waals surface area contributed by atoms with Crippen molar-refractivity contribution in [3.05, 3.63) is 48.0 Å². The Morgan fingerprint density at radius 3 is 2.23 bits per heavy atom. The van der Waals surface area contributed by atoms with E-state index in [1.807, 2.05) is 0 Å². The quantitative estimate of drug-likeness (QED) is 0.748. The SMILES string of the molecule is C=CCCC(NC(=O)c1ccc(C(=O)N(C)C)cc1)C(=O)O. The molecule has 1 rings (SSSR count). The molecule has 0 aromatic heterocycles. The molecule has 6 heteroatoms. The number of rotatable bonds is 7. The zero-order valence-corrected chi connectivity index (χ0v) is 12.7. The number of carboxylic acids is 1. The lowest BCUT2D eigenvalue weighted by Crippen LogP contribution is -2.40. The van der Waals surface area contributed by atoms with Crippen molar-refractivity contribution in [3.63, 3.8) is 0 Å². The van der Waals surface area contributed by atoms with Gasteiger partial charge < -0.3 is 15.3 Å². The van der Waals surface area contributed by atoms with Gasteiger partial charge in [0.15, 0.2) is 0 Å². The van der Waals surface area contributed by atoms with E-state index in [2.05, 4.69) is 11.9 Å². The van der Waals surface area contributed by atoms with Gasteiger partial charge in [-0.3, -0.25) is 9.59 Å². The molecule has 0 aliphatic rings. The van der Waals surface area contributed by atoms with Gasteiger partial charge in [-0.1, -0.05) is 6.08 Å². The van der Waals surface area contributed by atoms with Crippen molar-refractivity contribution < 1.29 is 19.5 Å². The number of aliphatic carboxylic acids is 1. The minimum absolute atomic E-state index is 0.165. The number of carbonyl (C=O) groups excluding carboxylic acids is 2. The molecule has 0 aliphatic heterocycles. The molecule has 0 aliphatic carbocycles. The van der Waals surface area contributed by atoms with Crippen LogP contribution >= 0.6 is 0 Å². The second-order valence-corrected chi connectivity index (χ2v) is 5.01. The fourth-order valence-electron chi connectivity index (χ4n) is 1.81. The maximum Gasteiger partial charge on any atom is 0.326 e. The van der Waals surface area contributed by atoms with Gasteiger partial charge in [0.25, 0.3) is 11.8 Å². The number of hydrogen-bond acceptors (Lipinski definition) is 3. The fourth-order valence-corrected chi connectivity index (χ4v) is 1.81. The van der Waals surface area contributed by atoms with Gasteiger partial charge in [-0.15, -0.1) is 6.58 Å². The Morgan fingerprint density at radius 1 is 1.23 bits per heavy atom. The number of carboxylic acid groups (broad SMARTS) is 1. The number of nitrogens with one attached hydrogen (secondary N) is 1. The molecule has 118 valence electrons. The molecule has 0 fully saturated rings. The Hall–Kier alpha value is -2.63. The molecule has 1 atom stereocenters. The number of benzene rings is 1. The number of carbonyl (C=O) groups is 3. The number of nitrogens with zero attached hydrogens (tertiary/aromatic N) is 1. The highest BCUT2D eigenvalue weighted by molar-refractivity contribution is 5.98. The highest BCUT2D eigenvalue weighted by Gasteiger charge is 2.20. The maximum absolute atomic E-state index is 12.0. The maximum atomic E-state index is 12.0. The second-order valence-electron chi connectivity index (χ2n) is 5.01. The van der Waals surface area contributed by atoms with Gasteiger partial charge in [0.2, 0.25) is 0 Å². The third kappa shape index (κ3) is 4.73. The summed E-state index contributed by atoms with van der Waals surface area (Å²) in [7, 11) is 3.28. The summed E-state index contributed by atoms with van der Waals surface area (Å²) < 4.78 is 0. The van der Waals surface area contributed by atoms with Crippen molar-refractivity contribution in [2.24, 2.45) is 0 Å². The van der Waals surface area contributed by atoms with E-state index in [4.69, 9.17) is 5.11 Å². The van der Waals surface area contributed by atoms with Crippen LogP contribution in [0.2, 0.25) is 0 Å². The minimum atomic E-state index is -1.09. The van der Waals surface area contributed by atoms with Crippen LogP contribution in [-0.2, 0) is 4.79 Å². The monoisotopic (exact) mass is 304 g/mol. The lowest BCUT2D eigenvalue weighted by Gasteiger charge is -2.14. The first-order valence-corrected chi connectivity index (χ1v) is 6.83. The predicted octanol–water partition coefficient (Wildman–Crippen LogP) is 1.54. The Kier molecular flexibility index (Phi) is 6.31. The van der Waals surface area contributed by atoms with E-state index in [1.165, 1.54) is 29.2 Å². The molecule has 2 N–H and O–H groups in total. The molecule has 0 spiro atoms. The Labute approximate surface area is 129 Å². The van der Waals surface area contributed by atoms with Crippen molar-refractivity contribution in [1.29, 1.82) is 0 Å². The van der Waals surface area contributed by atoms with E-state index in [0.29, 0.717) is 17.5 Å². The summed E-state index contributed by atoms with van der Waals surface area (Å²) in [5.74, 6) is -1.74. The average Bonchev–Trinajstić information content (AvgIpc) is 2.50. The number of hydrogen-bond donors (Lipinski definition) is 2. The first-order chi connectivity index (χ1) is 10.4. The van der Waals surface area contributed by atoms with E-state index >= 15 is 0 Å². The van der Waals surface area contributed by atoms with Crippen LogP contribution in [0, 0.1) is 0 Å². The van der Waals surface area contributed by atoms with Crippen LogP contribution in [0.3, 0.4) is 0 Å². The second kappa shape index (κ2) is 7.97. The largest absolute Gasteiger partial charge is 0.480 e. The van der Waals surface area contributed by atoms with Crippen LogP contribution < -0.4 is 5.32 Å². The Bertz CT molecular complexity index is 564. The normalized spacial score (nSPS) is 11.4. The summed E-state index contributed by atoms with van der Waals surface area (Å²) in [4.78, 5) is 36.3. The molecule has 0 heterocycles. The highest BCUT2D eigenvalue weighted by Crippen LogP contribution is 2.08. The van der Waals surface area contributed by atoms with E-state index in [-0.39, 0.29) is 12.3 Å². The molecule has 6 nitrogen and oxygen atoms in total. The summed E-state index contributed by atoms with van der Waals surface area (Å²) in [5, 5.41) is 11.5. The topological polar surface area (TPSA) is 86.7 Å². The molecule has 1 aromatic carbocycles. The van der Waals surface area contributed by atoms with Crippen molar-refractivity contribution in [1.82, 2.24) is 10.2 Å². The Balaban J connectivity index is 2.78. The van der Waals surface area contributed by atoms with Crippen LogP contribution in [0.1, 0.15) is 33.6 Å². The molecule has 1 aromatic rings. The third-order valence-corrected chi connectivity index (χ3v) is 3.06. The van der Waals surface area contributed by atoms with E-state index < -0.39 is 17.9 Å². The molecule has 1 unspecified atom stereocenters. The highest BCUT2D eigenvalue weighted by atomic mass is 16.4. The molecule has 0 saturated heterocycles. The lowest BCUT2D eigenvalue weighted by molar-refractivity contribution is -0.139. The molecular weight excluding hydrogens is 284 g/mol. The van der Waals surface area contributed by atoms with Gasteiger partial charge >= 0.3 is 5.97 Å². The van der Waals surface area contributed by atoms with Crippen molar-refractivity contribution in [2.75, 3.05) is 14.1 Å². The Morgan fingerprint density at radius 2 is 1.77 bits per heavy atom. The standard InChI is InChI=1S/C16H20N2O4/c1-4-5-6-13(16(21)22)17-14(19)11-7-9-12(10-8-11)15(20)18(2)3/h4,7-10,13H,1,5-6H2,2-3H3,(H,17,19)(H,21,22). The number of amides is 2. The summed E-state index contributed by atoms with van der Waals surface area (Å²) in [6.45, 7) is 3.53. The summed E-state index contributed by atoms with van der Waals surface area (Å²) in [6.07, 6.45) is 2.37. The van der Waals surface area contributed by atoms with Gasteiger partial charge in [0.1, 0.15) is 6.04 Å². The number of allylic oxidation sites excluding steroid dienone is 1. The molecule has 0 bridgehead atoms. The van der Waals surface area contributed by atoms with Crippen LogP contribution in [0.15, 0.2) is 36.9 Å². The zero-order valence-electron chi connectivity index (χ0n) is 12.7. The molecule has 22 heavy (non-hydrogen) atoms. The third-order valence-electron chi connectivity index (χ3n) is 3.06. The molecule has 2 amide bonds. The van der Waals surface area contributed by atoms with Crippen LogP contribution in [0.4, 0.5) is 0 Å². The summed E-state index contributed by atoms with van der Waals surface area (Å²) >= 11 is 0. The van der Waals surface area contributed by atoms with Gasteiger partial charge in [0.05, 0.1) is 0 Å². The lowest BCUT2D eigenvalue weighted by atomic mass is 10.1. The first-order valence-electron chi connectivity index (χ1n) is 6.83. The van der Waals surface area contributed by atoms with Gasteiger partial charge in [-0.25, -0.2) is 4.79 Å². The van der Waals surface area contributed by atoms with E-state index in [9.17, 15) is 14.4 Å². The van der Waals surface area contributed by atoms with E-state index in [0.717, 1.165) is 0 Å². The molecule has 0 radical (unpaired) electrons. The van der Waals surface area contributed by atoms with Crippen molar-refractivity contribution >= 4 is 17.8 Å². The summed E-state index contributed by atoms with van der Waals surface area (Å²) in [5.41, 5.74) is 0.767. The summed E-state index contributed by atoms with van der Waals surface area (Å²) in [6, 6.07) is 5.11. The minimum Gasteiger partial charge on any atom is -0.480 e. The van der Waals surface area contributed by atoms with Gasteiger partial charge in [-0.2, -0.15) is 0 Å². The fraction of sp³-hybridized carbons (Fsp3) is 0.312. The van der Waals surface area contributed by atoms with Crippen LogP contribution in [0.5, 0.6) is 0 Å². The van der Waals surface area contributed by atoms with Crippen molar-refractivity contribution in [3.8, 4) is 0 Å². The van der Waals surface area contributed by atoms with E-state index in [1.54, 1.807) is 20.2 Å².